The molecule has 7 heteroatoms. The lowest BCUT2D eigenvalue weighted by molar-refractivity contribution is 0.404. The van der Waals surface area contributed by atoms with Crippen molar-refractivity contribution in [3.63, 3.8) is 0 Å². The fraction of sp³-hybridized carbons (Fsp3) is 0.417. The number of methoxy groups -OCH3 is 1. The zero-order valence-electron chi connectivity index (χ0n) is 18.1. The first kappa shape index (κ1) is 21.7. The molecule has 0 unspecified atom stereocenters. The second-order valence-corrected chi connectivity index (χ2v) is 10.0. The van der Waals surface area contributed by atoms with Crippen LogP contribution in [-0.4, -0.2) is 21.6 Å². The number of hydrogen-bond acceptors (Lipinski definition) is 5. The van der Waals surface area contributed by atoms with Gasteiger partial charge in [-0.15, -0.1) is 0 Å². The average Bonchev–Trinajstić information content (AvgIpc) is 3.42. The molecule has 6 nitrogen and oxygen atoms in total. The molecular weight excluding hydrogens is 412 g/mol. The fourth-order valence-electron chi connectivity index (χ4n) is 4.34. The molecule has 0 spiro atoms. The lowest BCUT2D eigenvalue weighted by atomic mass is 9.99. The van der Waals surface area contributed by atoms with Gasteiger partial charge in [-0.1, -0.05) is 43.9 Å². The van der Waals surface area contributed by atoms with E-state index in [9.17, 15) is 8.42 Å². The van der Waals surface area contributed by atoms with Crippen LogP contribution in [0.15, 0.2) is 58.0 Å². The van der Waals surface area contributed by atoms with Crippen molar-refractivity contribution in [2.24, 2.45) is 5.92 Å². The highest BCUT2D eigenvalue weighted by Crippen LogP contribution is 2.30. The van der Waals surface area contributed by atoms with E-state index in [1.807, 2.05) is 18.2 Å². The van der Waals surface area contributed by atoms with Gasteiger partial charge in [-0.3, -0.25) is 4.72 Å². The minimum Gasteiger partial charge on any atom is -0.497 e. The molecule has 1 heterocycles. The number of benzene rings is 2. The summed E-state index contributed by atoms with van der Waals surface area (Å²) in [5.74, 6) is 1.45. The zero-order valence-corrected chi connectivity index (χ0v) is 18.9. The van der Waals surface area contributed by atoms with Crippen molar-refractivity contribution in [2.75, 3.05) is 11.8 Å². The first-order chi connectivity index (χ1) is 14.9. The molecular formula is C24H30N2O4S. The number of rotatable bonds is 9. The van der Waals surface area contributed by atoms with Crippen molar-refractivity contribution in [1.29, 1.82) is 0 Å². The highest BCUT2D eigenvalue weighted by atomic mass is 32.2. The summed E-state index contributed by atoms with van der Waals surface area (Å²) in [7, 11) is -2.29. The van der Waals surface area contributed by atoms with Crippen LogP contribution in [0, 0.1) is 5.92 Å². The molecule has 1 atom stereocenters. The smallest absolute Gasteiger partial charge is 0.295 e. The van der Waals surface area contributed by atoms with Gasteiger partial charge in [0.1, 0.15) is 11.3 Å². The number of hydrogen-bond donors (Lipinski definition) is 2. The Morgan fingerprint density at radius 1 is 1.13 bits per heavy atom. The van der Waals surface area contributed by atoms with Gasteiger partial charge in [0.25, 0.3) is 10.0 Å². The molecule has 0 bridgehead atoms. The molecule has 2 aromatic carbocycles. The van der Waals surface area contributed by atoms with Crippen molar-refractivity contribution < 1.29 is 17.6 Å². The van der Waals surface area contributed by atoms with Gasteiger partial charge in [-0.2, -0.15) is 8.42 Å². The number of anilines is 1. The Morgan fingerprint density at radius 2 is 1.90 bits per heavy atom. The number of nitrogens with one attached hydrogen (secondary N) is 2. The number of sulfonamides is 1. The largest absolute Gasteiger partial charge is 0.497 e. The highest BCUT2D eigenvalue weighted by molar-refractivity contribution is 7.92. The Bertz CT molecular complexity index is 1130. The van der Waals surface area contributed by atoms with E-state index < -0.39 is 10.0 Å². The first-order valence-electron chi connectivity index (χ1n) is 10.9. The van der Waals surface area contributed by atoms with E-state index in [0.717, 1.165) is 17.9 Å². The molecule has 0 aliphatic heterocycles. The Morgan fingerprint density at radius 3 is 2.68 bits per heavy atom. The molecule has 4 rings (SSSR count). The summed E-state index contributed by atoms with van der Waals surface area (Å²) in [6.45, 7) is 2.80. The topological polar surface area (TPSA) is 80.6 Å². The molecule has 1 aliphatic carbocycles. The zero-order chi connectivity index (χ0) is 21.8. The van der Waals surface area contributed by atoms with Gasteiger partial charge in [0.15, 0.2) is 0 Å². The van der Waals surface area contributed by atoms with Gasteiger partial charge in [-0.25, -0.2) is 0 Å². The van der Waals surface area contributed by atoms with E-state index in [0.29, 0.717) is 35.0 Å². The molecule has 1 aliphatic rings. The van der Waals surface area contributed by atoms with Crippen LogP contribution in [0.5, 0.6) is 5.75 Å². The van der Waals surface area contributed by atoms with Gasteiger partial charge < -0.3 is 14.5 Å². The van der Waals surface area contributed by atoms with Gasteiger partial charge in [0.05, 0.1) is 12.8 Å². The van der Waals surface area contributed by atoms with Gasteiger partial charge in [-0.05, 0) is 49.1 Å². The minimum atomic E-state index is -3.86. The maximum absolute atomic E-state index is 13.0. The fourth-order valence-corrected chi connectivity index (χ4v) is 5.41. The van der Waals surface area contributed by atoms with E-state index in [2.05, 4.69) is 17.0 Å². The van der Waals surface area contributed by atoms with Crippen LogP contribution in [0.25, 0.3) is 11.0 Å². The van der Waals surface area contributed by atoms with Crippen LogP contribution in [0.1, 0.15) is 44.6 Å². The summed E-state index contributed by atoms with van der Waals surface area (Å²) >= 11 is 0. The lowest BCUT2D eigenvalue weighted by Crippen LogP contribution is -2.28. The Labute approximate surface area is 184 Å². The second kappa shape index (κ2) is 9.32. The molecule has 31 heavy (non-hydrogen) atoms. The van der Waals surface area contributed by atoms with E-state index >= 15 is 0 Å². The monoisotopic (exact) mass is 442 g/mol. The summed E-state index contributed by atoms with van der Waals surface area (Å²) in [4.78, 5) is 0. The predicted octanol–water partition coefficient (Wildman–Crippen LogP) is 5.30. The lowest BCUT2D eigenvalue weighted by Gasteiger charge is -2.19. The Balaban J connectivity index is 1.47. The number of para-hydroxylation sites is 1. The normalized spacial score (nSPS) is 15.9. The quantitative estimate of drug-likeness (QED) is 0.470. The average molecular weight is 443 g/mol. The number of ether oxygens (including phenoxy) is 1. The molecule has 2 N–H and O–H groups in total. The van der Waals surface area contributed by atoms with Crippen molar-refractivity contribution >= 4 is 26.7 Å². The number of fused-ring (bicyclic) bond motifs is 1. The molecule has 3 aromatic rings. The standard InChI is InChI=1S/C24H30N2O4S/c1-17(13-18-7-3-4-8-18)25-16-19-9-5-6-10-22(19)26-31(27,28)24-15-20-14-21(29-2)11-12-23(20)30-24/h5-6,9-12,14-15,17-18,25-26H,3-4,7-8,13,16H2,1-2H3/t17-/m0/s1. The van der Waals surface area contributed by atoms with E-state index in [1.54, 1.807) is 31.4 Å². The van der Waals surface area contributed by atoms with Crippen LogP contribution in [-0.2, 0) is 16.6 Å². The minimum absolute atomic E-state index is 0.117. The van der Waals surface area contributed by atoms with Crippen molar-refractivity contribution in [1.82, 2.24) is 5.32 Å². The summed E-state index contributed by atoms with van der Waals surface area (Å²) in [6.07, 6.45) is 6.50. The summed E-state index contributed by atoms with van der Waals surface area (Å²) < 4.78 is 39.5. The SMILES string of the molecule is COc1ccc2oc(S(=O)(=O)Nc3ccccc3CN[C@@H](C)CC3CCCC3)cc2c1. The summed E-state index contributed by atoms with van der Waals surface area (Å²) in [5.41, 5.74) is 1.96. The molecule has 0 amide bonds. The first-order valence-corrected chi connectivity index (χ1v) is 12.3. The predicted molar refractivity (Wildman–Crippen MR) is 123 cm³/mol. The summed E-state index contributed by atoms with van der Waals surface area (Å²) in [5, 5.41) is 4.11. The third-order valence-corrected chi connectivity index (χ3v) is 7.25. The third-order valence-electron chi connectivity index (χ3n) is 6.03. The van der Waals surface area contributed by atoms with Crippen molar-refractivity contribution in [3.05, 3.63) is 54.1 Å². The molecule has 1 saturated carbocycles. The Hall–Kier alpha value is -2.51. The van der Waals surface area contributed by atoms with Crippen molar-refractivity contribution in [2.45, 2.75) is 56.7 Å². The van der Waals surface area contributed by atoms with Crippen molar-refractivity contribution in [3.8, 4) is 5.75 Å². The molecule has 1 fully saturated rings. The number of furan rings is 1. The summed E-state index contributed by atoms with van der Waals surface area (Å²) in [6, 6.07) is 14.6. The molecule has 0 radical (unpaired) electrons. The maximum Gasteiger partial charge on any atom is 0.295 e. The van der Waals surface area contributed by atoms with E-state index in [1.165, 1.54) is 31.7 Å². The third kappa shape index (κ3) is 5.22. The molecule has 1 aromatic heterocycles. The van der Waals surface area contributed by atoms with Crippen LogP contribution in [0.3, 0.4) is 0 Å². The highest BCUT2D eigenvalue weighted by Gasteiger charge is 2.22. The van der Waals surface area contributed by atoms with Gasteiger partial charge >= 0.3 is 0 Å². The second-order valence-electron chi connectivity index (χ2n) is 8.40. The molecule has 0 saturated heterocycles. The van der Waals surface area contributed by atoms with E-state index in [4.69, 9.17) is 9.15 Å². The van der Waals surface area contributed by atoms with Gasteiger partial charge in [0, 0.05) is 24.0 Å². The maximum atomic E-state index is 13.0. The van der Waals surface area contributed by atoms with E-state index in [-0.39, 0.29) is 5.09 Å². The van der Waals surface area contributed by atoms with Crippen LogP contribution >= 0.6 is 0 Å². The molecule has 166 valence electrons. The van der Waals surface area contributed by atoms with Crippen LogP contribution in [0.2, 0.25) is 0 Å². The van der Waals surface area contributed by atoms with Crippen LogP contribution < -0.4 is 14.8 Å². The Kier molecular flexibility index (Phi) is 6.53. The van der Waals surface area contributed by atoms with Crippen LogP contribution in [0.4, 0.5) is 5.69 Å². The van der Waals surface area contributed by atoms with Gasteiger partial charge in [0.2, 0.25) is 5.09 Å².